The fraction of sp³-hybridized carbons (Fsp3) is 0.286. The Morgan fingerprint density at radius 2 is 2.36 bits per heavy atom. The van der Waals surface area contributed by atoms with Crippen molar-refractivity contribution in [3.05, 3.63) is 24.3 Å². The molecule has 3 nitrogen and oxygen atoms in total. The largest absolute Gasteiger partial charge is 0.287 e. The Morgan fingerprint density at radius 1 is 1.64 bits per heavy atom. The predicted octanol–water partition coefficient (Wildman–Crippen LogP) is 1.04. The maximum absolute atomic E-state index is 10.7. The summed E-state index contributed by atoms with van der Waals surface area (Å²) in [4.78, 5) is 18.5. The number of nitrogens with zero attached hydrogens (tertiary/aromatic N) is 2. The second-order valence-corrected chi connectivity index (χ2v) is 2.63. The van der Waals surface area contributed by atoms with Gasteiger partial charge in [-0.05, 0) is 6.92 Å². The van der Waals surface area contributed by atoms with Gasteiger partial charge < -0.3 is 0 Å². The zero-order chi connectivity index (χ0) is 8.27. The monoisotopic (exact) mass is 168 g/mol. The smallest absolute Gasteiger partial charge is 0.194 e. The fourth-order valence-electron chi connectivity index (χ4n) is 0.661. The van der Waals surface area contributed by atoms with Crippen LogP contribution in [0.15, 0.2) is 18.6 Å². The SMILES string of the molecule is CC(C(=O)S)c1cnccn1. The lowest BCUT2D eigenvalue weighted by Crippen LogP contribution is -2.04. The second kappa shape index (κ2) is 3.48. The molecule has 0 N–H and O–H groups in total. The van der Waals surface area contributed by atoms with E-state index in [4.69, 9.17) is 0 Å². The van der Waals surface area contributed by atoms with E-state index in [1.807, 2.05) is 0 Å². The Bertz CT molecular complexity index is 250. The van der Waals surface area contributed by atoms with Crippen molar-refractivity contribution in [3.63, 3.8) is 0 Å². The fourth-order valence-corrected chi connectivity index (χ4v) is 0.793. The van der Waals surface area contributed by atoms with Crippen LogP contribution in [0.4, 0.5) is 0 Å². The second-order valence-electron chi connectivity index (χ2n) is 2.19. The number of rotatable bonds is 2. The highest BCUT2D eigenvalue weighted by Crippen LogP contribution is 2.12. The summed E-state index contributed by atoms with van der Waals surface area (Å²) in [7, 11) is 0. The van der Waals surface area contributed by atoms with Crippen LogP contribution in [0.25, 0.3) is 0 Å². The van der Waals surface area contributed by atoms with Gasteiger partial charge in [0.15, 0.2) is 5.12 Å². The van der Waals surface area contributed by atoms with Crippen molar-refractivity contribution in [2.45, 2.75) is 12.8 Å². The molecule has 0 aliphatic rings. The van der Waals surface area contributed by atoms with Crippen LogP contribution in [-0.2, 0) is 4.79 Å². The Morgan fingerprint density at radius 3 is 2.82 bits per heavy atom. The number of aromatic nitrogens is 2. The molecule has 1 unspecified atom stereocenters. The molecule has 0 radical (unpaired) electrons. The summed E-state index contributed by atoms with van der Waals surface area (Å²) in [5.74, 6) is -0.271. The minimum absolute atomic E-state index is 0.189. The van der Waals surface area contributed by atoms with Gasteiger partial charge in [-0.15, -0.1) is 12.6 Å². The minimum atomic E-state index is -0.271. The van der Waals surface area contributed by atoms with E-state index in [1.54, 1.807) is 25.5 Å². The van der Waals surface area contributed by atoms with E-state index in [-0.39, 0.29) is 11.0 Å². The molecule has 0 spiro atoms. The Balaban J connectivity index is 2.85. The zero-order valence-corrected chi connectivity index (χ0v) is 6.95. The van der Waals surface area contributed by atoms with E-state index in [1.165, 1.54) is 0 Å². The third-order valence-electron chi connectivity index (χ3n) is 1.40. The van der Waals surface area contributed by atoms with E-state index in [9.17, 15) is 4.79 Å². The molecule has 58 valence electrons. The Kier molecular flexibility index (Phi) is 2.59. The third kappa shape index (κ3) is 2.01. The van der Waals surface area contributed by atoms with Crippen LogP contribution in [0.3, 0.4) is 0 Å². The lowest BCUT2D eigenvalue weighted by Gasteiger charge is -2.03. The van der Waals surface area contributed by atoms with Crippen molar-refractivity contribution in [2.24, 2.45) is 0 Å². The van der Waals surface area contributed by atoms with Crippen molar-refractivity contribution < 1.29 is 4.79 Å². The summed E-state index contributed by atoms with van der Waals surface area (Å²) >= 11 is 3.70. The van der Waals surface area contributed by atoms with E-state index in [2.05, 4.69) is 22.6 Å². The lowest BCUT2D eigenvalue weighted by atomic mass is 10.1. The molecule has 0 bridgehead atoms. The third-order valence-corrected chi connectivity index (χ3v) is 1.78. The summed E-state index contributed by atoms with van der Waals surface area (Å²) in [6.45, 7) is 1.75. The van der Waals surface area contributed by atoms with E-state index in [0.29, 0.717) is 5.69 Å². The first-order chi connectivity index (χ1) is 5.22. The number of thiol groups is 1. The summed E-state index contributed by atoms with van der Waals surface area (Å²) in [5.41, 5.74) is 0.660. The average molecular weight is 168 g/mol. The highest BCUT2D eigenvalue weighted by atomic mass is 32.1. The maximum Gasteiger partial charge on any atom is 0.194 e. The molecule has 0 saturated carbocycles. The first kappa shape index (κ1) is 8.20. The van der Waals surface area contributed by atoms with Crippen molar-refractivity contribution >= 4 is 17.7 Å². The molecule has 1 heterocycles. The highest BCUT2D eigenvalue weighted by Gasteiger charge is 2.11. The van der Waals surface area contributed by atoms with Gasteiger partial charge in [0.05, 0.1) is 11.6 Å². The van der Waals surface area contributed by atoms with Gasteiger partial charge in [0.1, 0.15) is 0 Å². The van der Waals surface area contributed by atoms with Crippen LogP contribution in [0.5, 0.6) is 0 Å². The standard InChI is InChI=1S/C7H8N2OS/c1-5(7(10)11)6-4-8-2-3-9-6/h2-5H,1H3,(H,10,11). The van der Waals surface area contributed by atoms with Crippen molar-refractivity contribution in [3.8, 4) is 0 Å². The van der Waals surface area contributed by atoms with Gasteiger partial charge >= 0.3 is 0 Å². The first-order valence-corrected chi connectivity index (χ1v) is 3.65. The van der Waals surface area contributed by atoms with Crippen molar-refractivity contribution in [2.75, 3.05) is 0 Å². The van der Waals surface area contributed by atoms with Gasteiger partial charge in [-0.25, -0.2) is 0 Å². The molecule has 0 saturated heterocycles. The van der Waals surface area contributed by atoms with Crippen LogP contribution in [0.2, 0.25) is 0 Å². The molecular weight excluding hydrogens is 160 g/mol. The van der Waals surface area contributed by atoms with Crippen molar-refractivity contribution in [1.29, 1.82) is 0 Å². The van der Waals surface area contributed by atoms with Gasteiger partial charge in [0.2, 0.25) is 0 Å². The maximum atomic E-state index is 10.7. The molecule has 0 fully saturated rings. The van der Waals surface area contributed by atoms with E-state index in [0.717, 1.165) is 0 Å². The number of hydrogen-bond donors (Lipinski definition) is 1. The molecule has 0 aromatic carbocycles. The molecule has 1 aromatic rings. The lowest BCUT2D eigenvalue weighted by molar-refractivity contribution is -0.111. The topological polar surface area (TPSA) is 42.9 Å². The van der Waals surface area contributed by atoms with Crippen LogP contribution >= 0.6 is 12.6 Å². The van der Waals surface area contributed by atoms with Crippen LogP contribution < -0.4 is 0 Å². The molecule has 1 atom stereocenters. The summed E-state index contributed by atoms with van der Waals surface area (Å²) in [5, 5.41) is -0.189. The van der Waals surface area contributed by atoms with E-state index < -0.39 is 0 Å². The first-order valence-electron chi connectivity index (χ1n) is 3.20. The van der Waals surface area contributed by atoms with Crippen LogP contribution in [0, 0.1) is 0 Å². The van der Waals surface area contributed by atoms with Gasteiger partial charge in [0, 0.05) is 18.6 Å². The molecule has 0 aliphatic carbocycles. The van der Waals surface area contributed by atoms with Crippen LogP contribution in [-0.4, -0.2) is 15.1 Å². The Labute approximate surface area is 70.3 Å². The number of carbonyl (C=O) groups excluding carboxylic acids is 1. The van der Waals surface area contributed by atoms with Gasteiger partial charge in [0.25, 0.3) is 0 Å². The zero-order valence-electron chi connectivity index (χ0n) is 6.06. The molecule has 0 amide bonds. The molecule has 1 rings (SSSR count). The number of carbonyl (C=O) groups is 1. The van der Waals surface area contributed by atoms with Gasteiger partial charge in [-0.1, -0.05) is 0 Å². The highest BCUT2D eigenvalue weighted by molar-refractivity contribution is 7.96. The van der Waals surface area contributed by atoms with Crippen LogP contribution in [0.1, 0.15) is 18.5 Å². The molecule has 0 aliphatic heterocycles. The Hall–Kier alpha value is -0.900. The quantitative estimate of drug-likeness (QED) is 0.671. The van der Waals surface area contributed by atoms with Gasteiger partial charge in [-0.3, -0.25) is 14.8 Å². The molecular formula is C7H8N2OS. The van der Waals surface area contributed by atoms with E-state index >= 15 is 0 Å². The summed E-state index contributed by atoms with van der Waals surface area (Å²) in [6, 6.07) is 0. The molecule has 4 heteroatoms. The molecule has 1 aromatic heterocycles. The minimum Gasteiger partial charge on any atom is -0.287 e. The number of hydrogen-bond acceptors (Lipinski definition) is 3. The summed E-state index contributed by atoms with van der Waals surface area (Å²) in [6.07, 6.45) is 4.69. The summed E-state index contributed by atoms with van der Waals surface area (Å²) < 4.78 is 0. The molecule has 11 heavy (non-hydrogen) atoms. The normalized spacial score (nSPS) is 12.5. The average Bonchev–Trinajstić information content (AvgIpc) is 2.05. The van der Waals surface area contributed by atoms with Gasteiger partial charge in [-0.2, -0.15) is 0 Å². The van der Waals surface area contributed by atoms with Crippen molar-refractivity contribution in [1.82, 2.24) is 9.97 Å². The predicted molar refractivity (Wildman–Crippen MR) is 44.4 cm³/mol.